The molecule has 0 bridgehead atoms. The van der Waals surface area contributed by atoms with E-state index in [1.165, 1.54) is 18.0 Å². The third kappa shape index (κ3) is 3.08. The Balaban J connectivity index is 1.94. The second-order valence-corrected chi connectivity index (χ2v) is 6.84. The molecule has 2 heterocycles. The van der Waals surface area contributed by atoms with Gasteiger partial charge in [0, 0.05) is 20.6 Å². The van der Waals surface area contributed by atoms with Crippen molar-refractivity contribution in [3.63, 3.8) is 0 Å². The second kappa shape index (κ2) is 7.34. The third-order valence-electron chi connectivity index (χ3n) is 5.03. The topological polar surface area (TPSA) is 116 Å². The monoisotopic (exact) mass is 385 g/mol. The van der Waals surface area contributed by atoms with Gasteiger partial charge in [-0.3, -0.25) is 19.3 Å². The maximum absolute atomic E-state index is 13.0. The number of para-hydroxylation sites is 1. The molecular weight excluding hydrogens is 362 g/mol. The zero-order valence-corrected chi connectivity index (χ0v) is 16.0. The molecule has 28 heavy (non-hydrogen) atoms. The van der Waals surface area contributed by atoms with Gasteiger partial charge in [-0.25, -0.2) is 4.79 Å². The van der Waals surface area contributed by atoms with Gasteiger partial charge in [0.25, 0.3) is 11.8 Å². The van der Waals surface area contributed by atoms with Crippen LogP contribution >= 0.6 is 0 Å². The Morgan fingerprint density at radius 1 is 1.18 bits per heavy atom. The number of benzene rings is 1. The Labute approximate surface area is 162 Å². The van der Waals surface area contributed by atoms with Crippen LogP contribution in [-0.4, -0.2) is 65.3 Å². The molecule has 2 atom stereocenters. The summed E-state index contributed by atoms with van der Waals surface area (Å²) in [4.78, 5) is 53.8. The number of hydrogen-bond donors (Lipinski definition) is 2. The molecule has 3 rings (SSSR count). The number of amides is 5. The van der Waals surface area contributed by atoms with E-state index in [1.807, 2.05) is 6.92 Å². The van der Waals surface area contributed by atoms with Crippen LogP contribution in [0.2, 0.25) is 0 Å². The number of nitrogens with two attached hydrogens (primary N) is 1. The van der Waals surface area contributed by atoms with Gasteiger partial charge < -0.3 is 20.9 Å². The van der Waals surface area contributed by atoms with E-state index in [2.05, 4.69) is 5.32 Å². The van der Waals surface area contributed by atoms with Crippen molar-refractivity contribution in [2.75, 3.05) is 26.0 Å². The third-order valence-corrected chi connectivity index (χ3v) is 5.03. The van der Waals surface area contributed by atoms with Crippen molar-refractivity contribution in [2.24, 2.45) is 11.7 Å². The van der Waals surface area contributed by atoms with E-state index >= 15 is 0 Å². The van der Waals surface area contributed by atoms with E-state index in [0.29, 0.717) is 17.9 Å². The largest absolute Gasteiger partial charge is 0.366 e. The number of carbonyl (C=O) groups is 4. The summed E-state index contributed by atoms with van der Waals surface area (Å²) in [5.41, 5.74) is 6.15. The Morgan fingerprint density at radius 3 is 2.50 bits per heavy atom. The number of hydrogen-bond acceptors (Lipinski definition) is 5. The minimum atomic E-state index is -0.655. The highest BCUT2D eigenvalue weighted by Gasteiger charge is 2.50. The Bertz CT molecular complexity index is 881. The number of primary amides is 1. The molecule has 1 saturated heterocycles. The van der Waals surface area contributed by atoms with Crippen molar-refractivity contribution in [2.45, 2.75) is 19.5 Å². The second-order valence-electron chi connectivity index (χ2n) is 6.84. The van der Waals surface area contributed by atoms with Crippen LogP contribution in [-0.2, 0) is 9.59 Å². The molecule has 2 aliphatic heterocycles. The highest BCUT2D eigenvalue weighted by Crippen LogP contribution is 2.35. The van der Waals surface area contributed by atoms with Crippen LogP contribution in [0.5, 0.6) is 0 Å². The molecular formula is C19H23N5O4. The predicted octanol–water partition coefficient (Wildman–Crippen LogP) is 0.800. The Kier molecular flexibility index (Phi) is 5.08. The van der Waals surface area contributed by atoms with Gasteiger partial charge in [0.05, 0.1) is 17.2 Å². The van der Waals surface area contributed by atoms with Crippen molar-refractivity contribution >= 4 is 29.4 Å². The molecule has 9 heteroatoms. The summed E-state index contributed by atoms with van der Waals surface area (Å²) in [6.07, 6.45) is 1.76. The summed E-state index contributed by atoms with van der Waals surface area (Å²) in [6, 6.07) is 6.02. The van der Waals surface area contributed by atoms with Crippen molar-refractivity contribution in [3.05, 3.63) is 41.6 Å². The fourth-order valence-corrected chi connectivity index (χ4v) is 3.70. The van der Waals surface area contributed by atoms with Crippen LogP contribution in [0.4, 0.5) is 10.5 Å². The van der Waals surface area contributed by atoms with Crippen LogP contribution in [0.1, 0.15) is 23.7 Å². The average Bonchev–Trinajstić information content (AvgIpc) is 3.05. The minimum Gasteiger partial charge on any atom is -0.366 e. The summed E-state index contributed by atoms with van der Waals surface area (Å²) in [5.74, 6) is -2.11. The van der Waals surface area contributed by atoms with E-state index in [1.54, 1.807) is 36.2 Å². The molecule has 2 aliphatic rings. The Hall–Kier alpha value is -3.36. The van der Waals surface area contributed by atoms with Crippen LogP contribution < -0.4 is 11.1 Å². The highest BCUT2D eigenvalue weighted by molar-refractivity contribution is 6.09. The first-order valence-electron chi connectivity index (χ1n) is 9.01. The number of rotatable bonds is 5. The summed E-state index contributed by atoms with van der Waals surface area (Å²) in [5, 5.41) is 2.71. The molecule has 9 nitrogen and oxygen atoms in total. The summed E-state index contributed by atoms with van der Waals surface area (Å²) in [6.45, 7) is 2.44. The first kappa shape index (κ1) is 19.4. The average molecular weight is 385 g/mol. The number of nitrogens with zero attached hydrogens (tertiary/aromatic N) is 3. The first-order chi connectivity index (χ1) is 13.3. The molecule has 0 aromatic heterocycles. The van der Waals surface area contributed by atoms with E-state index in [-0.39, 0.29) is 11.5 Å². The molecule has 0 radical (unpaired) electrons. The van der Waals surface area contributed by atoms with Gasteiger partial charge in [0.1, 0.15) is 11.9 Å². The SMILES string of the molecule is CCCN1C(C(=O)Nc2ccccc2C(N)=O)=CC2C(=O)N(C)C(=O)N(C)C21. The molecule has 0 saturated carbocycles. The van der Waals surface area contributed by atoms with E-state index in [4.69, 9.17) is 5.73 Å². The molecule has 1 aromatic carbocycles. The molecule has 1 fully saturated rings. The van der Waals surface area contributed by atoms with Gasteiger partial charge in [0.15, 0.2) is 0 Å². The van der Waals surface area contributed by atoms with Crippen LogP contribution in [0.25, 0.3) is 0 Å². The first-order valence-corrected chi connectivity index (χ1v) is 9.01. The Morgan fingerprint density at radius 2 is 1.86 bits per heavy atom. The normalized spacial score (nSPS) is 21.5. The maximum atomic E-state index is 13.0. The van der Waals surface area contributed by atoms with E-state index in [9.17, 15) is 19.2 Å². The lowest BCUT2D eigenvalue weighted by molar-refractivity contribution is -0.137. The van der Waals surface area contributed by atoms with Gasteiger partial charge in [-0.1, -0.05) is 19.1 Å². The fourth-order valence-electron chi connectivity index (χ4n) is 3.70. The van der Waals surface area contributed by atoms with Crippen molar-refractivity contribution < 1.29 is 19.2 Å². The van der Waals surface area contributed by atoms with Gasteiger partial charge in [-0.15, -0.1) is 0 Å². The summed E-state index contributed by atoms with van der Waals surface area (Å²) < 4.78 is 0. The standard InChI is InChI=1S/C19H23N5O4/c1-4-9-24-14(10-12-17(24)22(2)19(28)23(3)18(12)27)16(26)21-13-8-6-5-7-11(13)15(20)25/h5-8,10,12,17H,4,9H2,1-3H3,(H2,20,25)(H,21,26). The minimum absolute atomic E-state index is 0.192. The number of anilines is 1. The number of nitrogens with one attached hydrogen (secondary N) is 1. The highest BCUT2D eigenvalue weighted by atomic mass is 16.2. The van der Waals surface area contributed by atoms with E-state index < -0.39 is 29.9 Å². The van der Waals surface area contributed by atoms with Gasteiger partial charge in [-0.05, 0) is 24.6 Å². The van der Waals surface area contributed by atoms with Crippen LogP contribution in [0.15, 0.2) is 36.0 Å². The lowest BCUT2D eigenvalue weighted by Gasteiger charge is -2.43. The van der Waals surface area contributed by atoms with Crippen LogP contribution in [0.3, 0.4) is 0 Å². The lowest BCUT2D eigenvalue weighted by Crippen LogP contribution is -2.62. The zero-order chi connectivity index (χ0) is 20.6. The van der Waals surface area contributed by atoms with E-state index in [0.717, 1.165) is 11.3 Å². The van der Waals surface area contributed by atoms with Crippen LogP contribution in [0, 0.1) is 5.92 Å². The number of carbonyl (C=O) groups excluding carboxylic acids is 4. The molecule has 1 aromatic rings. The fraction of sp³-hybridized carbons (Fsp3) is 0.368. The number of imide groups is 1. The number of urea groups is 1. The predicted molar refractivity (Wildman–Crippen MR) is 102 cm³/mol. The molecule has 148 valence electrons. The lowest BCUT2D eigenvalue weighted by atomic mass is 10.0. The molecule has 0 spiro atoms. The van der Waals surface area contributed by atoms with Crippen molar-refractivity contribution in [1.29, 1.82) is 0 Å². The van der Waals surface area contributed by atoms with Crippen molar-refractivity contribution in [1.82, 2.24) is 14.7 Å². The molecule has 0 aliphatic carbocycles. The van der Waals surface area contributed by atoms with Gasteiger partial charge in [0.2, 0.25) is 5.91 Å². The quantitative estimate of drug-likeness (QED) is 0.778. The summed E-state index contributed by atoms with van der Waals surface area (Å²) >= 11 is 0. The maximum Gasteiger partial charge on any atom is 0.327 e. The van der Waals surface area contributed by atoms with Crippen molar-refractivity contribution in [3.8, 4) is 0 Å². The summed E-state index contributed by atoms with van der Waals surface area (Å²) in [7, 11) is 3.04. The van der Waals surface area contributed by atoms with Gasteiger partial charge >= 0.3 is 6.03 Å². The van der Waals surface area contributed by atoms with Gasteiger partial charge in [-0.2, -0.15) is 0 Å². The smallest absolute Gasteiger partial charge is 0.327 e. The zero-order valence-electron chi connectivity index (χ0n) is 16.0. The number of fused-ring (bicyclic) bond motifs is 1. The molecule has 3 N–H and O–H groups in total. The molecule has 5 amide bonds. The molecule has 2 unspecified atom stereocenters.